The molecule has 0 bridgehead atoms. The molecule has 0 radical (unpaired) electrons. The van der Waals surface area contributed by atoms with E-state index in [0.717, 1.165) is 0 Å². The Labute approximate surface area is 134 Å². The zero-order valence-corrected chi connectivity index (χ0v) is 12.7. The maximum absolute atomic E-state index is 8.00. The van der Waals surface area contributed by atoms with Crippen molar-refractivity contribution in [1.82, 2.24) is 0 Å². The van der Waals surface area contributed by atoms with Crippen molar-refractivity contribution in [1.29, 1.82) is 0 Å². The summed E-state index contributed by atoms with van der Waals surface area (Å²) in [5.74, 6) is 0. The molecule has 0 saturated heterocycles. The number of rotatable bonds is 0. The van der Waals surface area contributed by atoms with E-state index >= 15 is 0 Å². The summed E-state index contributed by atoms with van der Waals surface area (Å²) in [4.78, 5) is 0. The normalized spacial score (nSPS) is 2.31. The molecule has 0 N–H and O–H groups in total. The molecule has 0 aromatic carbocycles. The number of hydrogen-bond acceptors (Lipinski definition) is 6. The Kier molecular flexibility index (Phi) is 1530. The van der Waals surface area contributed by atoms with Crippen LogP contribution in [0.3, 0.4) is 0 Å². The van der Waals surface area contributed by atoms with Gasteiger partial charge in [0, 0.05) is 17.1 Å². The van der Waals surface area contributed by atoms with Crippen LogP contribution in [0.5, 0.6) is 0 Å². The molecule has 13 heteroatoms. The van der Waals surface area contributed by atoms with Gasteiger partial charge in [-0.3, -0.25) is 0 Å². The van der Waals surface area contributed by atoms with Crippen molar-refractivity contribution in [2.75, 3.05) is 0 Å². The molecule has 0 aliphatic carbocycles. The van der Waals surface area contributed by atoms with Gasteiger partial charge in [-0.15, -0.1) is 0 Å². The summed E-state index contributed by atoms with van der Waals surface area (Å²) in [6.07, 6.45) is 0. The monoisotopic (exact) mass is 488 g/mol. The standard InChI is InChI=1S/7Fe.6O. The predicted molar refractivity (Wildman–Crippen MR) is 4.12 cm³/mol. The van der Waals surface area contributed by atoms with Gasteiger partial charge in [0.15, 0.2) is 0 Å². The zero-order valence-electron chi connectivity index (χ0n) is 4.92. The molecule has 0 unspecified atom stereocenters. The summed E-state index contributed by atoms with van der Waals surface area (Å²) in [6, 6.07) is 0. The molecule has 92 valence electrons. The van der Waals surface area contributed by atoms with Gasteiger partial charge in [-0.05, 0) is 0 Å². The van der Waals surface area contributed by atoms with Crippen molar-refractivity contribution in [2.24, 2.45) is 0 Å². The van der Waals surface area contributed by atoms with Crippen LogP contribution in [0.25, 0.3) is 0 Å². The Morgan fingerprint density at radius 1 is 0.308 bits per heavy atom. The molecule has 0 atom stereocenters. The van der Waals surface area contributed by atoms with Gasteiger partial charge in [0.05, 0.1) is 0 Å². The van der Waals surface area contributed by atoms with Gasteiger partial charge in [0.25, 0.3) is 0 Å². The van der Waals surface area contributed by atoms with Crippen LogP contribution >= 0.6 is 0 Å². The summed E-state index contributed by atoms with van der Waals surface area (Å²) in [5, 5.41) is 0. The zero-order chi connectivity index (χ0) is 12.0. The van der Waals surface area contributed by atoms with Crippen LogP contribution in [-0.4, -0.2) is 0 Å². The first-order valence-corrected chi connectivity index (χ1v) is 3.57. The molecular formula is Fe7O6. The topological polar surface area (TPSA) is 102 Å². The Morgan fingerprint density at radius 2 is 0.308 bits per heavy atom. The summed E-state index contributed by atoms with van der Waals surface area (Å²) in [5.41, 5.74) is 0. The molecule has 13 heavy (non-hydrogen) atoms. The van der Waals surface area contributed by atoms with Crippen molar-refractivity contribution in [2.45, 2.75) is 0 Å². The molecule has 0 heterocycles. The maximum atomic E-state index is 8.00. The van der Waals surface area contributed by atoms with Crippen LogP contribution in [-0.2, 0) is 136 Å². The Hall–Kier alpha value is 2.44. The second kappa shape index (κ2) is 439. The van der Waals surface area contributed by atoms with E-state index in [0.29, 0.717) is 0 Å². The third-order valence-electron chi connectivity index (χ3n) is 0. The summed E-state index contributed by atoms with van der Waals surface area (Å²) in [7, 11) is 0. The van der Waals surface area contributed by atoms with Crippen LogP contribution in [0.1, 0.15) is 0 Å². The molecule has 0 aliphatic heterocycles. The molecule has 0 fully saturated rings. The molecule has 0 rings (SSSR count). The van der Waals surface area contributed by atoms with Gasteiger partial charge in [-0.1, -0.05) is 0 Å². The van der Waals surface area contributed by atoms with Crippen LogP contribution in [0.2, 0.25) is 0 Å². The molecule has 0 saturated carbocycles. The van der Waals surface area contributed by atoms with Crippen LogP contribution in [0.4, 0.5) is 0 Å². The Balaban J connectivity index is -0.00000000655. The molecule has 0 spiro atoms. The summed E-state index contributed by atoms with van der Waals surface area (Å²) >= 11 is 12.0. The van der Waals surface area contributed by atoms with E-state index in [2.05, 4.69) is 0 Å². The van der Waals surface area contributed by atoms with E-state index in [-0.39, 0.29) is 17.1 Å². The second-order valence-corrected chi connectivity index (χ2v) is 0. The average Bonchev–Trinajstić information content (AvgIpc) is 2.33. The third kappa shape index (κ3) is 376. The Bertz CT molecular complexity index is 28.5. The van der Waals surface area contributed by atoms with Gasteiger partial charge in [0.2, 0.25) is 0 Å². The fourth-order valence-electron chi connectivity index (χ4n) is 0. The fraction of sp³-hybridized carbons (Fsp3) is 0. The van der Waals surface area contributed by atoms with E-state index in [1.54, 1.807) is 0 Å². The second-order valence-electron chi connectivity index (χ2n) is 0. The molecule has 0 aliphatic rings. The average molecular weight is 487 g/mol. The van der Waals surface area contributed by atoms with Gasteiger partial charge in [0.1, 0.15) is 0 Å². The van der Waals surface area contributed by atoms with Crippen molar-refractivity contribution in [3.63, 3.8) is 0 Å². The third-order valence-corrected chi connectivity index (χ3v) is 0. The van der Waals surface area contributed by atoms with E-state index in [4.69, 9.17) is 23.0 Å². The first kappa shape index (κ1) is 45.2. The fourth-order valence-corrected chi connectivity index (χ4v) is 0. The van der Waals surface area contributed by atoms with Gasteiger partial charge in [-0.2, -0.15) is 0 Å². The van der Waals surface area contributed by atoms with Gasteiger partial charge >= 0.3 is 119 Å². The molecular weight excluding hydrogens is 487 g/mol. The van der Waals surface area contributed by atoms with Gasteiger partial charge in [-0.25, -0.2) is 0 Å². The number of hydrogen-bond donors (Lipinski definition) is 0. The predicted octanol–water partition coefficient (Wildman–Crippen LogP) is -0.730. The van der Waals surface area contributed by atoms with Crippen molar-refractivity contribution >= 4 is 0 Å². The Morgan fingerprint density at radius 3 is 0.308 bits per heavy atom. The van der Waals surface area contributed by atoms with Crippen molar-refractivity contribution in [3.8, 4) is 0 Å². The molecule has 6 nitrogen and oxygen atoms in total. The van der Waals surface area contributed by atoms with Crippen LogP contribution in [0, 0.1) is 0 Å². The SMILES string of the molecule is [Fe].[O]=[Fe].[O]=[Fe].[O]=[Fe].[O]=[Fe].[O]=[Fe].[O]=[Fe]. The van der Waals surface area contributed by atoms with E-state index < -0.39 is 0 Å². The first-order valence-electron chi connectivity index (χ1n) is 0.866. The molecule has 0 amide bonds. The molecule has 0 aromatic heterocycles. The van der Waals surface area contributed by atoms with E-state index in [1.807, 2.05) is 95.7 Å². The minimum absolute atomic E-state index is 0. The van der Waals surface area contributed by atoms with Crippen LogP contribution < -0.4 is 0 Å². The van der Waals surface area contributed by atoms with E-state index in [1.165, 1.54) is 0 Å². The minimum atomic E-state index is 0. The molecule has 0 aromatic rings. The first-order chi connectivity index (χ1) is 6.00. The quantitative estimate of drug-likeness (QED) is 0.418. The van der Waals surface area contributed by atoms with Crippen LogP contribution in [0.15, 0.2) is 0 Å². The van der Waals surface area contributed by atoms with Crippen molar-refractivity contribution < 1.29 is 136 Å². The summed E-state index contributed by atoms with van der Waals surface area (Å²) < 4.78 is 48.0. The van der Waals surface area contributed by atoms with E-state index in [9.17, 15) is 0 Å². The van der Waals surface area contributed by atoms with Gasteiger partial charge < -0.3 is 0 Å². The van der Waals surface area contributed by atoms with Crippen molar-refractivity contribution in [3.05, 3.63) is 0 Å². The summed E-state index contributed by atoms with van der Waals surface area (Å²) in [6.45, 7) is 0.